The number of rotatable bonds is 3. The highest BCUT2D eigenvalue weighted by atomic mass is 16.3. The molecule has 0 bridgehead atoms. The average Bonchev–Trinajstić information content (AvgIpc) is 2.48. The highest BCUT2D eigenvalue weighted by molar-refractivity contribution is 5.97. The van der Waals surface area contributed by atoms with Crippen molar-refractivity contribution < 1.29 is 15.0 Å². The van der Waals surface area contributed by atoms with E-state index in [0.717, 1.165) is 25.7 Å². The number of aromatic hydroxyl groups is 2. The highest BCUT2D eigenvalue weighted by Gasteiger charge is 2.27. The van der Waals surface area contributed by atoms with Crippen LogP contribution in [0, 0.1) is 0 Å². The monoisotopic (exact) mass is 278 g/mol. The van der Waals surface area contributed by atoms with Gasteiger partial charge in [-0.25, -0.2) is 0 Å². The first-order chi connectivity index (χ1) is 9.54. The van der Waals surface area contributed by atoms with E-state index in [1.807, 2.05) is 7.05 Å². The molecule has 0 saturated heterocycles. The lowest BCUT2D eigenvalue weighted by molar-refractivity contribution is 0.0682. The Morgan fingerprint density at radius 3 is 2.50 bits per heavy atom. The van der Waals surface area contributed by atoms with Crippen molar-refractivity contribution in [2.75, 3.05) is 14.1 Å². The molecule has 0 radical (unpaired) electrons. The molecule has 1 aliphatic carbocycles. The Hall–Kier alpha value is -1.75. The van der Waals surface area contributed by atoms with Gasteiger partial charge >= 0.3 is 0 Å². The molecule has 20 heavy (non-hydrogen) atoms. The number of benzene rings is 1. The molecule has 1 fully saturated rings. The summed E-state index contributed by atoms with van der Waals surface area (Å²) in [6.07, 6.45) is 4.00. The van der Waals surface area contributed by atoms with Crippen LogP contribution in [0.5, 0.6) is 11.5 Å². The van der Waals surface area contributed by atoms with E-state index in [1.54, 1.807) is 18.0 Å². The summed E-state index contributed by atoms with van der Waals surface area (Å²) in [7, 11) is 3.72. The quantitative estimate of drug-likeness (QED) is 0.736. The molecule has 0 heterocycles. The average molecular weight is 278 g/mol. The van der Waals surface area contributed by atoms with Crippen LogP contribution < -0.4 is 5.32 Å². The topological polar surface area (TPSA) is 72.8 Å². The summed E-state index contributed by atoms with van der Waals surface area (Å²) in [6.45, 7) is 0. The van der Waals surface area contributed by atoms with Crippen molar-refractivity contribution in [2.45, 2.75) is 37.8 Å². The lowest BCUT2D eigenvalue weighted by Gasteiger charge is -2.34. The Morgan fingerprint density at radius 2 is 1.90 bits per heavy atom. The van der Waals surface area contributed by atoms with Crippen molar-refractivity contribution >= 4 is 5.91 Å². The SMILES string of the molecule is CNC1CCC(N(C)C(=O)c2cccc(O)c2O)CC1. The molecule has 1 aromatic carbocycles. The smallest absolute Gasteiger partial charge is 0.257 e. The highest BCUT2D eigenvalue weighted by Crippen LogP contribution is 2.30. The summed E-state index contributed by atoms with van der Waals surface area (Å²) < 4.78 is 0. The molecule has 0 spiro atoms. The van der Waals surface area contributed by atoms with Crippen molar-refractivity contribution in [3.8, 4) is 11.5 Å². The van der Waals surface area contributed by atoms with Gasteiger partial charge in [-0.05, 0) is 44.9 Å². The summed E-state index contributed by atoms with van der Waals surface area (Å²) in [4.78, 5) is 14.1. The van der Waals surface area contributed by atoms with E-state index in [-0.39, 0.29) is 29.0 Å². The number of hydrogen-bond donors (Lipinski definition) is 3. The van der Waals surface area contributed by atoms with Crippen LogP contribution in [-0.4, -0.2) is 47.2 Å². The Morgan fingerprint density at radius 1 is 1.25 bits per heavy atom. The minimum absolute atomic E-state index is 0.156. The molecule has 3 N–H and O–H groups in total. The summed E-state index contributed by atoms with van der Waals surface area (Å²) in [5.74, 6) is -0.845. The van der Waals surface area contributed by atoms with Crippen molar-refractivity contribution in [3.63, 3.8) is 0 Å². The largest absolute Gasteiger partial charge is 0.504 e. The number of amides is 1. The molecule has 5 heteroatoms. The minimum Gasteiger partial charge on any atom is -0.504 e. The van der Waals surface area contributed by atoms with Gasteiger partial charge in [-0.1, -0.05) is 6.07 Å². The molecule has 2 rings (SSSR count). The van der Waals surface area contributed by atoms with Crippen LogP contribution >= 0.6 is 0 Å². The van der Waals surface area contributed by atoms with Gasteiger partial charge < -0.3 is 20.4 Å². The van der Waals surface area contributed by atoms with Gasteiger partial charge in [0.05, 0.1) is 5.56 Å². The zero-order valence-electron chi connectivity index (χ0n) is 12.0. The maximum atomic E-state index is 12.4. The number of carbonyl (C=O) groups excluding carboxylic acids is 1. The Labute approximate surface area is 119 Å². The molecule has 1 saturated carbocycles. The Balaban J connectivity index is 2.07. The van der Waals surface area contributed by atoms with E-state index in [1.165, 1.54) is 12.1 Å². The van der Waals surface area contributed by atoms with Crippen LogP contribution in [0.4, 0.5) is 0 Å². The van der Waals surface area contributed by atoms with Crippen LogP contribution in [0.3, 0.4) is 0 Å². The van der Waals surface area contributed by atoms with E-state index >= 15 is 0 Å². The number of nitrogens with zero attached hydrogens (tertiary/aromatic N) is 1. The third kappa shape index (κ3) is 2.88. The number of para-hydroxylation sites is 1. The Kier molecular flexibility index (Phi) is 4.49. The predicted molar refractivity (Wildman–Crippen MR) is 77.0 cm³/mol. The first-order valence-electron chi connectivity index (χ1n) is 7.00. The van der Waals surface area contributed by atoms with Crippen molar-refractivity contribution in [1.82, 2.24) is 10.2 Å². The third-order valence-corrected chi connectivity index (χ3v) is 4.22. The molecule has 0 atom stereocenters. The minimum atomic E-state index is -0.340. The summed E-state index contributed by atoms with van der Waals surface area (Å²) in [6, 6.07) is 5.18. The molecule has 0 unspecified atom stereocenters. The second kappa shape index (κ2) is 6.13. The van der Waals surface area contributed by atoms with Crippen molar-refractivity contribution in [1.29, 1.82) is 0 Å². The van der Waals surface area contributed by atoms with Crippen LogP contribution in [0.25, 0.3) is 0 Å². The summed E-state index contributed by atoms with van der Waals surface area (Å²) >= 11 is 0. The van der Waals surface area contributed by atoms with Crippen LogP contribution in [-0.2, 0) is 0 Å². The van der Waals surface area contributed by atoms with Gasteiger partial charge in [-0.15, -0.1) is 0 Å². The molecule has 0 aromatic heterocycles. The number of phenols is 2. The van der Waals surface area contributed by atoms with Crippen molar-refractivity contribution in [3.05, 3.63) is 23.8 Å². The van der Waals surface area contributed by atoms with Gasteiger partial charge in [-0.3, -0.25) is 4.79 Å². The lowest BCUT2D eigenvalue weighted by atomic mass is 9.90. The summed E-state index contributed by atoms with van der Waals surface area (Å²) in [5.41, 5.74) is 0.156. The molecule has 1 aromatic rings. The molecule has 110 valence electrons. The molecule has 1 aliphatic rings. The lowest BCUT2D eigenvalue weighted by Crippen LogP contribution is -2.42. The van der Waals surface area contributed by atoms with Gasteiger partial charge in [0.15, 0.2) is 11.5 Å². The predicted octanol–water partition coefficient (Wildman–Crippen LogP) is 1.70. The summed E-state index contributed by atoms with van der Waals surface area (Å²) in [5, 5.41) is 22.5. The fourth-order valence-electron chi connectivity index (χ4n) is 2.81. The van der Waals surface area contributed by atoms with Crippen LogP contribution in [0.1, 0.15) is 36.0 Å². The van der Waals surface area contributed by atoms with E-state index < -0.39 is 0 Å². The first kappa shape index (κ1) is 14.7. The van der Waals surface area contributed by atoms with Crippen LogP contribution in [0.15, 0.2) is 18.2 Å². The van der Waals surface area contributed by atoms with Gasteiger partial charge in [0.2, 0.25) is 0 Å². The molecule has 1 amide bonds. The van der Waals surface area contributed by atoms with Gasteiger partial charge in [-0.2, -0.15) is 0 Å². The second-order valence-corrected chi connectivity index (χ2v) is 5.38. The maximum Gasteiger partial charge on any atom is 0.257 e. The standard InChI is InChI=1S/C15H22N2O3/c1-16-10-6-8-11(9-7-10)17(2)15(20)12-4-3-5-13(18)14(12)19/h3-5,10-11,16,18-19H,6-9H2,1-2H3. The second-order valence-electron chi connectivity index (χ2n) is 5.38. The van der Waals surface area contributed by atoms with Gasteiger partial charge in [0, 0.05) is 19.1 Å². The third-order valence-electron chi connectivity index (χ3n) is 4.22. The van der Waals surface area contributed by atoms with E-state index in [2.05, 4.69) is 5.32 Å². The zero-order valence-corrected chi connectivity index (χ0v) is 12.0. The van der Waals surface area contributed by atoms with E-state index in [4.69, 9.17) is 0 Å². The van der Waals surface area contributed by atoms with Crippen LogP contribution in [0.2, 0.25) is 0 Å². The first-order valence-corrected chi connectivity index (χ1v) is 7.00. The van der Waals surface area contributed by atoms with E-state index in [0.29, 0.717) is 6.04 Å². The van der Waals surface area contributed by atoms with Gasteiger partial charge in [0.25, 0.3) is 5.91 Å². The zero-order chi connectivity index (χ0) is 14.7. The molecule has 0 aliphatic heterocycles. The molecular weight excluding hydrogens is 256 g/mol. The fraction of sp³-hybridized carbons (Fsp3) is 0.533. The number of nitrogens with one attached hydrogen (secondary N) is 1. The normalized spacial score (nSPS) is 22.5. The van der Waals surface area contributed by atoms with Gasteiger partial charge in [0.1, 0.15) is 0 Å². The Bertz CT molecular complexity index is 482. The number of hydrogen-bond acceptors (Lipinski definition) is 4. The van der Waals surface area contributed by atoms with Crippen molar-refractivity contribution in [2.24, 2.45) is 0 Å². The maximum absolute atomic E-state index is 12.4. The van der Waals surface area contributed by atoms with E-state index in [9.17, 15) is 15.0 Å². The number of carbonyl (C=O) groups is 1. The molecule has 5 nitrogen and oxygen atoms in total. The number of phenolic OH excluding ortho intramolecular Hbond substituents is 2. The fourth-order valence-corrected chi connectivity index (χ4v) is 2.81. The molecular formula is C15H22N2O3.